The van der Waals surface area contributed by atoms with Gasteiger partial charge in [-0.1, -0.05) is 116 Å². The van der Waals surface area contributed by atoms with Crippen LogP contribution < -0.4 is 0 Å². The number of fused-ring (bicyclic) bond motifs is 6. The van der Waals surface area contributed by atoms with Crippen molar-refractivity contribution in [2.24, 2.45) is 0 Å². The second kappa shape index (κ2) is 7.66. The zero-order valence-electron chi connectivity index (χ0n) is 18.2. The van der Waals surface area contributed by atoms with Crippen LogP contribution in [0.2, 0.25) is 0 Å². The SMILES string of the molecule is CCc1cccc(-c2ccccc2-c2ccc3c4ccccc4c4ccccc4c3c2)c1. The monoisotopic (exact) mass is 408 g/mol. The van der Waals surface area contributed by atoms with Crippen molar-refractivity contribution in [2.75, 3.05) is 0 Å². The maximum atomic E-state index is 2.38. The van der Waals surface area contributed by atoms with Crippen LogP contribution in [-0.2, 0) is 6.42 Å². The van der Waals surface area contributed by atoms with Gasteiger partial charge in [0.05, 0.1) is 0 Å². The first-order valence-electron chi connectivity index (χ1n) is 11.4. The molecule has 0 aliphatic heterocycles. The standard InChI is InChI=1S/C32H24/c1-2-22-10-9-11-23(20-22)25-12-3-4-13-26(25)24-18-19-31-29-16-6-5-14-27(29)28-15-7-8-17-30(28)32(31)21-24/h3-21H,2H2,1H3. The van der Waals surface area contributed by atoms with Crippen LogP contribution in [0, 0.1) is 0 Å². The normalized spacial score (nSPS) is 11.4. The summed E-state index contributed by atoms with van der Waals surface area (Å²) in [5.41, 5.74) is 6.47. The predicted molar refractivity (Wildman–Crippen MR) is 139 cm³/mol. The smallest absolute Gasteiger partial charge is 0.00928 e. The van der Waals surface area contributed by atoms with E-state index in [0.717, 1.165) is 6.42 Å². The van der Waals surface area contributed by atoms with Gasteiger partial charge in [-0.05, 0) is 72.6 Å². The van der Waals surface area contributed by atoms with Gasteiger partial charge in [-0.3, -0.25) is 0 Å². The number of hydrogen-bond donors (Lipinski definition) is 0. The summed E-state index contributed by atoms with van der Waals surface area (Å²) < 4.78 is 0. The lowest BCUT2D eigenvalue weighted by molar-refractivity contribution is 1.14. The molecule has 32 heavy (non-hydrogen) atoms. The molecule has 0 saturated carbocycles. The summed E-state index contributed by atoms with van der Waals surface area (Å²) >= 11 is 0. The van der Waals surface area contributed by atoms with Crippen molar-refractivity contribution in [3.05, 3.63) is 121 Å². The molecule has 6 rings (SSSR count). The summed E-state index contributed by atoms with van der Waals surface area (Å²) in [6.45, 7) is 2.21. The van der Waals surface area contributed by atoms with E-state index in [9.17, 15) is 0 Å². The van der Waals surface area contributed by atoms with E-state index in [2.05, 4.69) is 122 Å². The minimum Gasteiger partial charge on any atom is -0.0616 e. The average molecular weight is 409 g/mol. The molecule has 0 unspecified atom stereocenters. The molecule has 0 fully saturated rings. The molecule has 0 N–H and O–H groups in total. The van der Waals surface area contributed by atoms with Crippen molar-refractivity contribution in [2.45, 2.75) is 13.3 Å². The van der Waals surface area contributed by atoms with Crippen molar-refractivity contribution in [3.63, 3.8) is 0 Å². The fraction of sp³-hybridized carbons (Fsp3) is 0.0625. The van der Waals surface area contributed by atoms with E-state index >= 15 is 0 Å². The predicted octanol–water partition coefficient (Wildman–Crippen LogP) is 9.04. The Morgan fingerprint density at radius 3 is 1.50 bits per heavy atom. The van der Waals surface area contributed by atoms with Gasteiger partial charge in [-0.25, -0.2) is 0 Å². The van der Waals surface area contributed by atoms with E-state index in [1.165, 1.54) is 60.1 Å². The van der Waals surface area contributed by atoms with Crippen molar-refractivity contribution in [3.8, 4) is 22.3 Å². The Labute approximate surface area is 188 Å². The van der Waals surface area contributed by atoms with Gasteiger partial charge in [0.1, 0.15) is 0 Å². The van der Waals surface area contributed by atoms with Crippen LogP contribution in [0.3, 0.4) is 0 Å². The molecule has 0 atom stereocenters. The zero-order valence-corrected chi connectivity index (χ0v) is 18.2. The Hall–Kier alpha value is -3.90. The molecule has 0 nitrogen and oxygen atoms in total. The third-order valence-corrected chi connectivity index (χ3v) is 6.63. The third-order valence-electron chi connectivity index (χ3n) is 6.63. The summed E-state index contributed by atoms with van der Waals surface area (Å²) in [5.74, 6) is 0. The summed E-state index contributed by atoms with van der Waals surface area (Å²) in [5, 5.41) is 7.89. The average Bonchev–Trinajstić information content (AvgIpc) is 2.88. The molecule has 0 heterocycles. The number of aryl methyl sites for hydroxylation is 1. The zero-order chi connectivity index (χ0) is 21.5. The molecule has 0 amide bonds. The number of benzene rings is 6. The van der Waals surface area contributed by atoms with Crippen LogP contribution in [0.15, 0.2) is 115 Å². The van der Waals surface area contributed by atoms with E-state index < -0.39 is 0 Å². The summed E-state index contributed by atoms with van der Waals surface area (Å²) in [6.07, 6.45) is 1.05. The molecule has 0 aliphatic rings. The molecule has 6 aromatic carbocycles. The molecule has 0 bridgehead atoms. The Balaban J connectivity index is 1.64. The highest BCUT2D eigenvalue weighted by atomic mass is 14.2. The van der Waals surface area contributed by atoms with Gasteiger partial charge in [0.2, 0.25) is 0 Å². The first-order valence-corrected chi connectivity index (χ1v) is 11.4. The van der Waals surface area contributed by atoms with Gasteiger partial charge >= 0.3 is 0 Å². The van der Waals surface area contributed by atoms with Gasteiger partial charge in [0.25, 0.3) is 0 Å². The topological polar surface area (TPSA) is 0 Å². The maximum absolute atomic E-state index is 2.38. The molecule has 0 radical (unpaired) electrons. The lowest BCUT2D eigenvalue weighted by Gasteiger charge is -2.14. The highest BCUT2D eigenvalue weighted by molar-refractivity contribution is 6.25. The van der Waals surface area contributed by atoms with Crippen molar-refractivity contribution in [1.29, 1.82) is 0 Å². The lowest BCUT2D eigenvalue weighted by Crippen LogP contribution is -1.88. The second-order valence-electron chi connectivity index (χ2n) is 8.45. The molecular weight excluding hydrogens is 384 g/mol. The fourth-order valence-electron chi connectivity index (χ4n) is 5.02. The van der Waals surface area contributed by atoms with Crippen molar-refractivity contribution >= 4 is 32.3 Å². The van der Waals surface area contributed by atoms with Crippen LogP contribution in [0.25, 0.3) is 54.6 Å². The molecular formula is C32H24. The first kappa shape index (κ1) is 18.8. The lowest BCUT2D eigenvalue weighted by atomic mass is 9.89. The van der Waals surface area contributed by atoms with E-state index in [1.807, 2.05) is 0 Å². The first-order chi connectivity index (χ1) is 15.8. The molecule has 0 aliphatic carbocycles. The van der Waals surface area contributed by atoms with Crippen LogP contribution in [0.5, 0.6) is 0 Å². The quantitative estimate of drug-likeness (QED) is 0.256. The van der Waals surface area contributed by atoms with Crippen molar-refractivity contribution < 1.29 is 0 Å². The van der Waals surface area contributed by atoms with Gasteiger partial charge in [0.15, 0.2) is 0 Å². The minimum absolute atomic E-state index is 1.05. The van der Waals surface area contributed by atoms with Gasteiger partial charge in [0, 0.05) is 0 Å². The summed E-state index contributed by atoms with van der Waals surface area (Å²) in [6, 6.07) is 42.2. The molecule has 0 aromatic heterocycles. The van der Waals surface area contributed by atoms with Crippen molar-refractivity contribution in [1.82, 2.24) is 0 Å². The van der Waals surface area contributed by atoms with Crippen LogP contribution in [0.1, 0.15) is 12.5 Å². The van der Waals surface area contributed by atoms with Crippen LogP contribution in [0.4, 0.5) is 0 Å². The Bertz CT molecular complexity index is 1570. The van der Waals surface area contributed by atoms with Gasteiger partial charge in [-0.2, -0.15) is 0 Å². The van der Waals surface area contributed by atoms with Gasteiger partial charge < -0.3 is 0 Å². The van der Waals surface area contributed by atoms with Crippen LogP contribution in [-0.4, -0.2) is 0 Å². The molecule has 0 saturated heterocycles. The highest BCUT2D eigenvalue weighted by Gasteiger charge is 2.12. The van der Waals surface area contributed by atoms with E-state index in [1.54, 1.807) is 0 Å². The number of rotatable bonds is 3. The second-order valence-corrected chi connectivity index (χ2v) is 8.45. The van der Waals surface area contributed by atoms with Gasteiger partial charge in [-0.15, -0.1) is 0 Å². The molecule has 0 spiro atoms. The van der Waals surface area contributed by atoms with E-state index in [0.29, 0.717) is 0 Å². The summed E-state index contributed by atoms with van der Waals surface area (Å²) in [7, 11) is 0. The molecule has 152 valence electrons. The maximum Gasteiger partial charge on any atom is -0.00928 e. The molecule has 6 aromatic rings. The van der Waals surface area contributed by atoms with E-state index in [-0.39, 0.29) is 0 Å². The minimum atomic E-state index is 1.05. The Kier molecular flexibility index (Phi) is 4.51. The summed E-state index contributed by atoms with van der Waals surface area (Å²) in [4.78, 5) is 0. The highest BCUT2D eigenvalue weighted by Crippen LogP contribution is 2.39. The Morgan fingerprint density at radius 2 is 0.906 bits per heavy atom. The largest absolute Gasteiger partial charge is 0.0616 e. The third kappa shape index (κ3) is 2.99. The fourth-order valence-corrected chi connectivity index (χ4v) is 5.02. The number of hydrogen-bond acceptors (Lipinski definition) is 0. The van der Waals surface area contributed by atoms with Crippen LogP contribution >= 0.6 is 0 Å². The van der Waals surface area contributed by atoms with E-state index in [4.69, 9.17) is 0 Å². The molecule has 0 heteroatoms. The Morgan fingerprint density at radius 1 is 0.406 bits per heavy atom.